The summed E-state index contributed by atoms with van der Waals surface area (Å²) >= 11 is 0. The highest BCUT2D eigenvalue weighted by atomic mass is 32.2. The van der Waals surface area contributed by atoms with Gasteiger partial charge in [0, 0.05) is 31.9 Å². The fraction of sp³-hybridized carbons (Fsp3) is 0.350. The van der Waals surface area contributed by atoms with Crippen LogP contribution in [0.2, 0.25) is 0 Å². The predicted molar refractivity (Wildman–Crippen MR) is 111 cm³/mol. The monoisotopic (exact) mass is 430 g/mol. The van der Waals surface area contributed by atoms with Gasteiger partial charge in [-0.25, -0.2) is 17.5 Å². The summed E-state index contributed by atoms with van der Waals surface area (Å²) in [5.41, 5.74) is 3.08. The smallest absolute Gasteiger partial charge is 0.246 e. The number of aryl methyl sites for hydroxylation is 1. The first-order valence-corrected chi connectivity index (χ1v) is 11.1. The van der Waals surface area contributed by atoms with Crippen molar-refractivity contribution in [2.45, 2.75) is 25.7 Å². The first-order chi connectivity index (χ1) is 14.3. The molecule has 3 heterocycles. The lowest BCUT2D eigenvalue weighted by Gasteiger charge is -2.34. The van der Waals surface area contributed by atoms with Crippen LogP contribution in [0.15, 0.2) is 41.3 Å². The van der Waals surface area contributed by atoms with Crippen molar-refractivity contribution in [3.63, 3.8) is 0 Å². The molecule has 1 saturated heterocycles. The van der Waals surface area contributed by atoms with E-state index in [0.717, 1.165) is 23.0 Å². The number of hydrogen-bond donors (Lipinski definition) is 0. The summed E-state index contributed by atoms with van der Waals surface area (Å²) in [7, 11) is -3.86. The molecule has 1 aromatic carbocycles. The second-order valence-corrected chi connectivity index (χ2v) is 9.19. The summed E-state index contributed by atoms with van der Waals surface area (Å²) in [5.74, 6) is 0.564. The van der Waals surface area contributed by atoms with Gasteiger partial charge in [0.25, 0.3) is 0 Å². The van der Waals surface area contributed by atoms with Crippen molar-refractivity contribution in [2.75, 3.05) is 31.1 Å². The molecule has 0 atom stereocenters. The second-order valence-electron chi connectivity index (χ2n) is 7.28. The maximum absolute atomic E-state index is 14.0. The van der Waals surface area contributed by atoms with Gasteiger partial charge in [-0.15, -0.1) is 10.2 Å². The molecule has 0 bridgehead atoms. The number of benzene rings is 1. The van der Waals surface area contributed by atoms with Gasteiger partial charge in [0.1, 0.15) is 10.7 Å². The molecule has 158 valence electrons. The number of halogens is 1. The highest BCUT2D eigenvalue weighted by molar-refractivity contribution is 7.89. The van der Waals surface area contributed by atoms with Gasteiger partial charge in [-0.05, 0) is 50.6 Å². The van der Waals surface area contributed by atoms with Crippen molar-refractivity contribution < 1.29 is 12.8 Å². The molecule has 0 spiro atoms. The minimum absolute atomic E-state index is 0.247. The molecule has 1 fully saturated rings. The van der Waals surface area contributed by atoms with E-state index in [1.807, 2.05) is 37.8 Å². The third-order valence-electron chi connectivity index (χ3n) is 5.52. The van der Waals surface area contributed by atoms with Gasteiger partial charge in [0.05, 0.1) is 5.69 Å². The minimum Gasteiger partial charge on any atom is -0.352 e. The highest BCUT2D eigenvalue weighted by Crippen LogP contribution is 2.22. The molecule has 0 unspecified atom stereocenters. The summed E-state index contributed by atoms with van der Waals surface area (Å²) in [5, 5.41) is 13.1. The van der Waals surface area contributed by atoms with Crippen LogP contribution < -0.4 is 4.90 Å². The number of aromatic nitrogens is 4. The lowest BCUT2D eigenvalue weighted by Crippen LogP contribution is -2.49. The zero-order valence-corrected chi connectivity index (χ0v) is 17.9. The number of piperazine rings is 1. The average Bonchev–Trinajstić information content (AvgIpc) is 3.01. The zero-order valence-electron chi connectivity index (χ0n) is 17.1. The Labute approximate surface area is 175 Å². The Balaban J connectivity index is 1.47. The van der Waals surface area contributed by atoms with Crippen LogP contribution in [0.25, 0.3) is 5.82 Å². The van der Waals surface area contributed by atoms with Crippen LogP contribution in [-0.4, -0.2) is 58.9 Å². The molecular weight excluding hydrogens is 407 g/mol. The Kier molecular flexibility index (Phi) is 5.29. The number of hydrogen-bond acceptors (Lipinski definition) is 6. The molecule has 0 saturated carbocycles. The molecule has 30 heavy (non-hydrogen) atoms. The SMILES string of the molecule is Cc1nn(-c2ccc(N3CCN(S(=O)(=O)c4ccccc4F)CC3)nn2)c(C)c1C. The van der Waals surface area contributed by atoms with Crippen LogP contribution in [0.3, 0.4) is 0 Å². The number of nitrogens with zero attached hydrogens (tertiary/aromatic N) is 6. The van der Waals surface area contributed by atoms with Crippen LogP contribution in [0.1, 0.15) is 17.0 Å². The number of rotatable bonds is 4. The molecule has 8 nitrogen and oxygen atoms in total. The Morgan fingerprint density at radius 2 is 1.53 bits per heavy atom. The van der Waals surface area contributed by atoms with Gasteiger partial charge in [-0.2, -0.15) is 9.40 Å². The number of sulfonamides is 1. The van der Waals surface area contributed by atoms with Gasteiger partial charge < -0.3 is 4.90 Å². The third-order valence-corrected chi connectivity index (χ3v) is 7.46. The normalized spacial score (nSPS) is 15.5. The van der Waals surface area contributed by atoms with Crippen LogP contribution in [-0.2, 0) is 10.0 Å². The predicted octanol–water partition coefficient (Wildman–Crippen LogP) is 2.24. The van der Waals surface area contributed by atoms with E-state index in [0.29, 0.717) is 24.7 Å². The lowest BCUT2D eigenvalue weighted by molar-refractivity contribution is 0.381. The molecule has 10 heteroatoms. The quantitative estimate of drug-likeness (QED) is 0.631. The molecule has 0 N–H and O–H groups in total. The van der Waals surface area contributed by atoms with Crippen molar-refractivity contribution in [1.29, 1.82) is 0 Å². The summed E-state index contributed by atoms with van der Waals surface area (Å²) in [6.45, 7) is 7.34. The van der Waals surface area contributed by atoms with E-state index >= 15 is 0 Å². The summed E-state index contributed by atoms with van der Waals surface area (Å²) in [4.78, 5) is 1.68. The zero-order chi connectivity index (χ0) is 21.5. The van der Waals surface area contributed by atoms with E-state index in [4.69, 9.17) is 0 Å². The van der Waals surface area contributed by atoms with Gasteiger partial charge in [0.15, 0.2) is 11.6 Å². The standard InChI is InChI=1S/C20H23FN6O2S/c1-14-15(2)24-27(16(14)3)20-9-8-19(22-23-20)25-10-12-26(13-11-25)30(28,29)18-7-5-4-6-17(18)21/h4-9H,10-13H2,1-3H3. The van der Waals surface area contributed by atoms with Crippen LogP contribution >= 0.6 is 0 Å². The Bertz CT molecular complexity index is 1170. The van der Waals surface area contributed by atoms with Crippen molar-refractivity contribution in [3.8, 4) is 5.82 Å². The molecule has 4 rings (SSSR count). The average molecular weight is 431 g/mol. The fourth-order valence-corrected chi connectivity index (χ4v) is 4.98. The molecule has 1 aliphatic heterocycles. The van der Waals surface area contributed by atoms with E-state index in [1.165, 1.54) is 22.5 Å². The van der Waals surface area contributed by atoms with Crippen molar-refractivity contribution in [1.82, 2.24) is 24.3 Å². The van der Waals surface area contributed by atoms with E-state index in [-0.39, 0.29) is 18.0 Å². The largest absolute Gasteiger partial charge is 0.352 e. The van der Waals surface area contributed by atoms with E-state index < -0.39 is 15.8 Å². The van der Waals surface area contributed by atoms with Gasteiger partial charge in [0.2, 0.25) is 10.0 Å². The lowest BCUT2D eigenvalue weighted by atomic mass is 10.2. The van der Waals surface area contributed by atoms with Gasteiger partial charge in [-0.3, -0.25) is 0 Å². The van der Waals surface area contributed by atoms with Crippen molar-refractivity contribution in [3.05, 3.63) is 59.2 Å². The van der Waals surface area contributed by atoms with Gasteiger partial charge >= 0.3 is 0 Å². The molecule has 3 aromatic rings. The summed E-state index contributed by atoms with van der Waals surface area (Å²) in [6.07, 6.45) is 0. The summed E-state index contributed by atoms with van der Waals surface area (Å²) < 4.78 is 42.5. The first-order valence-electron chi connectivity index (χ1n) is 9.65. The van der Waals surface area contributed by atoms with Crippen molar-refractivity contribution in [2.24, 2.45) is 0 Å². The maximum atomic E-state index is 14.0. The molecule has 0 aliphatic carbocycles. The molecule has 0 amide bonds. The molecular formula is C20H23FN6O2S. The third kappa shape index (κ3) is 3.56. The fourth-order valence-electron chi connectivity index (χ4n) is 3.49. The highest BCUT2D eigenvalue weighted by Gasteiger charge is 2.30. The molecule has 1 aliphatic rings. The van der Waals surface area contributed by atoms with E-state index in [9.17, 15) is 12.8 Å². The van der Waals surface area contributed by atoms with Crippen LogP contribution in [0.4, 0.5) is 10.2 Å². The Hall–Kier alpha value is -2.85. The molecule has 2 aromatic heterocycles. The van der Waals surface area contributed by atoms with E-state index in [2.05, 4.69) is 15.3 Å². The topological polar surface area (TPSA) is 84.2 Å². The van der Waals surface area contributed by atoms with E-state index in [1.54, 1.807) is 4.68 Å². The number of anilines is 1. The Morgan fingerprint density at radius 1 is 0.900 bits per heavy atom. The Morgan fingerprint density at radius 3 is 2.10 bits per heavy atom. The van der Waals surface area contributed by atoms with Crippen LogP contribution in [0.5, 0.6) is 0 Å². The van der Waals surface area contributed by atoms with Crippen molar-refractivity contribution >= 4 is 15.8 Å². The summed E-state index contributed by atoms with van der Waals surface area (Å²) in [6, 6.07) is 9.15. The van der Waals surface area contributed by atoms with Crippen LogP contribution in [0, 0.1) is 26.6 Å². The van der Waals surface area contributed by atoms with Gasteiger partial charge in [-0.1, -0.05) is 12.1 Å². The second kappa shape index (κ2) is 7.77. The molecule has 0 radical (unpaired) electrons. The minimum atomic E-state index is -3.86. The maximum Gasteiger partial charge on any atom is 0.246 e. The first kappa shape index (κ1) is 20.4.